The Morgan fingerprint density at radius 2 is 1.68 bits per heavy atom. The molecule has 1 N–H and O–H groups in total. The van der Waals surface area contributed by atoms with Gasteiger partial charge in [0.2, 0.25) is 15.9 Å². The summed E-state index contributed by atoms with van der Waals surface area (Å²) in [5.41, 5.74) is 1.87. The van der Waals surface area contributed by atoms with Gasteiger partial charge in [0.05, 0.1) is 6.54 Å². The fourth-order valence-corrected chi connectivity index (χ4v) is 4.75. The van der Waals surface area contributed by atoms with E-state index in [0.29, 0.717) is 13.1 Å². The Morgan fingerprint density at radius 3 is 2.36 bits per heavy atom. The van der Waals surface area contributed by atoms with Crippen LogP contribution < -0.4 is 5.32 Å². The van der Waals surface area contributed by atoms with E-state index in [2.05, 4.69) is 5.32 Å². The van der Waals surface area contributed by atoms with Gasteiger partial charge in [0.25, 0.3) is 0 Å². The van der Waals surface area contributed by atoms with Crippen molar-refractivity contribution in [2.75, 3.05) is 38.0 Å². The number of sulfonamides is 1. The molecule has 1 aliphatic rings. The van der Waals surface area contributed by atoms with Crippen molar-refractivity contribution in [3.8, 4) is 0 Å². The quantitative estimate of drug-likeness (QED) is 0.801. The van der Waals surface area contributed by atoms with E-state index in [1.54, 1.807) is 0 Å². The fraction of sp³-hybridized carbons (Fsp3) is 0.350. The fourth-order valence-electron chi connectivity index (χ4n) is 3.26. The second kappa shape index (κ2) is 8.81. The Balaban J connectivity index is 1.57. The Kier molecular flexibility index (Phi) is 6.43. The number of halogens is 1. The van der Waals surface area contributed by atoms with Crippen LogP contribution in [0.4, 0.5) is 10.1 Å². The monoisotopic (exact) mass is 405 g/mol. The lowest BCUT2D eigenvalue weighted by Crippen LogP contribution is -2.50. The number of carbonyl (C=O) groups is 1. The zero-order chi connectivity index (χ0) is 20.1. The highest BCUT2D eigenvalue weighted by Gasteiger charge is 2.30. The van der Waals surface area contributed by atoms with Crippen LogP contribution in [0.3, 0.4) is 0 Å². The SMILES string of the molecule is CCc1ccccc1NC(=O)CN1CCN(S(=O)(=O)c2ccccc2F)CC1. The van der Waals surface area contributed by atoms with Crippen molar-refractivity contribution in [3.05, 3.63) is 59.9 Å². The van der Waals surface area contributed by atoms with Crippen LogP contribution in [0.25, 0.3) is 0 Å². The van der Waals surface area contributed by atoms with Crippen molar-refractivity contribution < 1.29 is 17.6 Å². The maximum Gasteiger partial charge on any atom is 0.246 e. The number of hydrogen-bond acceptors (Lipinski definition) is 4. The summed E-state index contributed by atoms with van der Waals surface area (Å²) < 4.78 is 40.4. The molecular weight excluding hydrogens is 381 g/mol. The summed E-state index contributed by atoms with van der Waals surface area (Å²) in [5, 5.41) is 2.92. The summed E-state index contributed by atoms with van der Waals surface area (Å²) in [6, 6.07) is 13.0. The predicted molar refractivity (Wildman–Crippen MR) is 106 cm³/mol. The van der Waals surface area contributed by atoms with Crippen LogP contribution in [0.2, 0.25) is 0 Å². The molecule has 1 fully saturated rings. The van der Waals surface area contributed by atoms with Crippen LogP contribution in [0.5, 0.6) is 0 Å². The molecular formula is C20H24FN3O3S. The van der Waals surface area contributed by atoms with Gasteiger partial charge in [-0.1, -0.05) is 37.3 Å². The van der Waals surface area contributed by atoms with Crippen molar-refractivity contribution >= 4 is 21.6 Å². The van der Waals surface area contributed by atoms with E-state index in [4.69, 9.17) is 0 Å². The number of aryl methyl sites for hydroxylation is 1. The number of nitrogens with zero attached hydrogens (tertiary/aromatic N) is 2. The third-order valence-electron chi connectivity index (χ3n) is 4.83. The molecule has 2 aromatic rings. The van der Waals surface area contributed by atoms with Crippen molar-refractivity contribution in [1.29, 1.82) is 0 Å². The third-order valence-corrected chi connectivity index (χ3v) is 6.76. The second-order valence-corrected chi connectivity index (χ2v) is 8.58. The van der Waals surface area contributed by atoms with Gasteiger partial charge in [0.15, 0.2) is 0 Å². The van der Waals surface area contributed by atoms with Gasteiger partial charge >= 0.3 is 0 Å². The number of nitrogens with one attached hydrogen (secondary N) is 1. The third kappa shape index (κ3) is 4.57. The molecule has 6 nitrogen and oxygen atoms in total. The van der Waals surface area contributed by atoms with Crippen molar-refractivity contribution in [2.24, 2.45) is 0 Å². The minimum absolute atomic E-state index is 0.133. The van der Waals surface area contributed by atoms with E-state index in [-0.39, 0.29) is 30.4 Å². The molecule has 0 spiro atoms. The summed E-state index contributed by atoms with van der Waals surface area (Å²) >= 11 is 0. The van der Waals surface area contributed by atoms with Gasteiger partial charge in [-0.05, 0) is 30.2 Å². The van der Waals surface area contributed by atoms with Gasteiger partial charge < -0.3 is 5.32 Å². The van der Waals surface area contributed by atoms with E-state index in [0.717, 1.165) is 23.7 Å². The first kappa shape index (κ1) is 20.4. The molecule has 0 atom stereocenters. The van der Waals surface area contributed by atoms with Gasteiger partial charge in [-0.3, -0.25) is 9.69 Å². The highest BCUT2D eigenvalue weighted by molar-refractivity contribution is 7.89. The van der Waals surface area contributed by atoms with Gasteiger partial charge in [-0.25, -0.2) is 12.8 Å². The van der Waals surface area contributed by atoms with Crippen molar-refractivity contribution in [2.45, 2.75) is 18.2 Å². The normalized spacial score (nSPS) is 16.1. The number of rotatable bonds is 6. The van der Waals surface area contributed by atoms with Gasteiger partial charge in [-0.2, -0.15) is 4.31 Å². The molecule has 2 aromatic carbocycles. The van der Waals surface area contributed by atoms with Crippen LogP contribution in [0.1, 0.15) is 12.5 Å². The molecule has 150 valence electrons. The summed E-state index contributed by atoms with van der Waals surface area (Å²) in [6.07, 6.45) is 0.822. The smallest absolute Gasteiger partial charge is 0.246 e. The maximum absolute atomic E-state index is 13.9. The van der Waals surface area contributed by atoms with Crippen LogP contribution in [0, 0.1) is 5.82 Å². The molecule has 0 aliphatic carbocycles. The molecule has 0 unspecified atom stereocenters. The number of amides is 1. The number of piperazine rings is 1. The van der Waals surface area contributed by atoms with E-state index < -0.39 is 15.8 Å². The Hall–Kier alpha value is -2.29. The van der Waals surface area contributed by atoms with E-state index >= 15 is 0 Å². The average molecular weight is 405 g/mol. The number of benzene rings is 2. The largest absolute Gasteiger partial charge is 0.325 e. The van der Waals surface area contributed by atoms with Crippen LogP contribution in [-0.4, -0.2) is 56.3 Å². The predicted octanol–water partition coefficient (Wildman–Crippen LogP) is 2.33. The van der Waals surface area contributed by atoms with E-state index in [1.165, 1.54) is 22.5 Å². The lowest BCUT2D eigenvalue weighted by atomic mass is 10.1. The molecule has 8 heteroatoms. The van der Waals surface area contributed by atoms with Crippen LogP contribution >= 0.6 is 0 Å². The van der Waals surface area contributed by atoms with Gasteiger partial charge in [0, 0.05) is 31.9 Å². The van der Waals surface area contributed by atoms with Crippen LogP contribution in [-0.2, 0) is 21.2 Å². The Morgan fingerprint density at radius 1 is 1.04 bits per heavy atom. The molecule has 0 saturated carbocycles. The number of para-hydroxylation sites is 1. The molecule has 1 saturated heterocycles. The summed E-state index contributed by atoms with van der Waals surface area (Å²) in [6.45, 7) is 3.48. The first-order valence-electron chi connectivity index (χ1n) is 9.26. The minimum atomic E-state index is -3.87. The molecule has 0 bridgehead atoms. The average Bonchev–Trinajstić information content (AvgIpc) is 2.69. The molecule has 0 aromatic heterocycles. The number of carbonyl (C=O) groups excluding carboxylic acids is 1. The van der Waals surface area contributed by atoms with E-state index in [1.807, 2.05) is 36.1 Å². The minimum Gasteiger partial charge on any atom is -0.325 e. The molecule has 0 radical (unpaired) electrons. The Bertz CT molecular complexity index is 941. The lowest BCUT2D eigenvalue weighted by Gasteiger charge is -2.33. The second-order valence-electron chi connectivity index (χ2n) is 6.67. The number of hydrogen-bond donors (Lipinski definition) is 1. The first-order chi connectivity index (χ1) is 13.4. The molecule has 1 heterocycles. The topological polar surface area (TPSA) is 69.7 Å². The summed E-state index contributed by atoms with van der Waals surface area (Å²) in [5.74, 6) is -0.884. The van der Waals surface area contributed by atoms with Gasteiger partial charge in [0.1, 0.15) is 10.7 Å². The summed E-state index contributed by atoms with van der Waals surface area (Å²) in [4.78, 5) is 14.0. The Labute approximate surface area is 165 Å². The zero-order valence-electron chi connectivity index (χ0n) is 15.8. The zero-order valence-corrected chi connectivity index (χ0v) is 16.6. The first-order valence-corrected chi connectivity index (χ1v) is 10.7. The summed E-state index contributed by atoms with van der Waals surface area (Å²) in [7, 11) is -3.87. The highest BCUT2D eigenvalue weighted by Crippen LogP contribution is 2.20. The molecule has 1 aliphatic heterocycles. The molecule has 28 heavy (non-hydrogen) atoms. The van der Waals surface area contributed by atoms with E-state index in [9.17, 15) is 17.6 Å². The van der Waals surface area contributed by atoms with Crippen molar-refractivity contribution in [1.82, 2.24) is 9.21 Å². The van der Waals surface area contributed by atoms with Gasteiger partial charge in [-0.15, -0.1) is 0 Å². The van der Waals surface area contributed by atoms with Crippen molar-refractivity contribution in [3.63, 3.8) is 0 Å². The molecule has 3 rings (SSSR count). The lowest BCUT2D eigenvalue weighted by molar-refractivity contribution is -0.117. The molecule has 1 amide bonds. The highest BCUT2D eigenvalue weighted by atomic mass is 32.2. The number of anilines is 1. The maximum atomic E-state index is 13.9. The standard InChI is InChI=1S/C20H24FN3O3S/c1-2-16-7-3-5-9-18(16)22-20(25)15-23-11-13-24(14-12-23)28(26,27)19-10-6-4-8-17(19)21/h3-10H,2,11-15H2,1H3,(H,22,25). The van der Waals surface area contributed by atoms with Crippen LogP contribution in [0.15, 0.2) is 53.4 Å².